The summed E-state index contributed by atoms with van der Waals surface area (Å²) < 4.78 is 5.55. The van der Waals surface area contributed by atoms with Gasteiger partial charge in [-0.15, -0.1) is 9.89 Å². The average Bonchev–Trinajstić information content (AvgIpc) is 3.50. The quantitative estimate of drug-likeness (QED) is 0.412. The molecular weight excluding hydrogens is 446 g/mol. The molecule has 0 bridgehead atoms. The van der Waals surface area contributed by atoms with Crippen LogP contribution in [0, 0.1) is 12.3 Å². The van der Waals surface area contributed by atoms with Crippen LogP contribution in [-0.2, 0) is 0 Å². The first kappa shape index (κ1) is 24.1. The average molecular weight is 480 g/mol. The van der Waals surface area contributed by atoms with E-state index < -0.39 is 0 Å². The third kappa shape index (κ3) is 4.75. The van der Waals surface area contributed by atoms with Gasteiger partial charge < -0.3 is 9.64 Å². The van der Waals surface area contributed by atoms with E-state index in [0.29, 0.717) is 11.6 Å². The Balaban J connectivity index is 1.75. The van der Waals surface area contributed by atoms with Gasteiger partial charge in [-0.3, -0.25) is 0 Å². The molecule has 1 aliphatic heterocycles. The van der Waals surface area contributed by atoms with Gasteiger partial charge in [-0.2, -0.15) is 5.10 Å². The molecule has 0 N–H and O–H groups in total. The summed E-state index contributed by atoms with van der Waals surface area (Å²) in [6.07, 6.45) is 4.14. The highest BCUT2D eigenvalue weighted by atomic mass is 32.1. The molecule has 0 aliphatic carbocycles. The van der Waals surface area contributed by atoms with Crippen molar-refractivity contribution in [2.24, 2.45) is 15.5 Å². The van der Waals surface area contributed by atoms with Crippen molar-refractivity contribution in [1.82, 2.24) is 19.9 Å². The van der Waals surface area contributed by atoms with E-state index in [9.17, 15) is 0 Å². The number of benzene rings is 1. The Bertz CT molecular complexity index is 1230. The summed E-state index contributed by atoms with van der Waals surface area (Å²) in [4.78, 5) is 18.4. The zero-order valence-electron chi connectivity index (χ0n) is 21.1. The Morgan fingerprint density at radius 1 is 1.21 bits per heavy atom. The van der Waals surface area contributed by atoms with Crippen molar-refractivity contribution in [2.75, 3.05) is 25.1 Å². The van der Waals surface area contributed by atoms with Crippen molar-refractivity contribution in [3.8, 4) is 17.1 Å². The second-order valence-corrected chi connectivity index (χ2v) is 10.4. The Morgan fingerprint density at radius 3 is 2.68 bits per heavy atom. The van der Waals surface area contributed by atoms with Gasteiger partial charge in [-0.1, -0.05) is 57.1 Å². The number of nitrogens with zero attached hydrogens (tertiary/aromatic N) is 7. The van der Waals surface area contributed by atoms with Gasteiger partial charge >= 0.3 is 0 Å². The first-order valence-corrected chi connectivity index (χ1v) is 12.6. The number of ether oxygens (including phenoxy) is 1. The molecule has 0 saturated heterocycles. The summed E-state index contributed by atoms with van der Waals surface area (Å²) in [7, 11) is 1.65. The SMILES string of the molecule is CCCCN(CC)c1ncc(N=C2C(C(C)(C)C)=Nn3nc(-c4cc(C)ccc4OC)nc32)s1. The van der Waals surface area contributed by atoms with Crippen LogP contribution >= 0.6 is 11.3 Å². The van der Waals surface area contributed by atoms with Gasteiger partial charge in [-0.25, -0.2) is 15.0 Å². The number of aromatic nitrogens is 4. The van der Waals surface area contributed by atoms with Crippen LogP contribution in [-0.4, -0.2) is 51.5 Å². The van der Waals surface area contributed by atoms with Crippen LogP contribution in [0.25, 0.3) is 11.4 Å². The van der Waals surface area contributed by atoms with Crippen molar-refractivity contribution < 1.29 is 4.74 Å². The first-order chi connectivity index (χ1) is 16.2. The minimum Gasteiger partial charge on any atom is -0.496 e. The first-order valence-electron chi connectivity index (χ1n) is 11.8. The number of fused-ring (bicyclic) bond motifs is 1. The number of unbranched alkanes of at least 4 members (excludes halogenated alkanes) is 1. The molecule has 8 nitrogen and oxygen atoms in total. The molecule has 0 fully saturated rings. The highest BCUT2D eigenvalue weighted by molar-refractivity contribution is 7.19. The number of hydrogen-bond donors (Lipinski definition) is 0. The van der Waals surface area contributed by atoms with Crippen LogP contribution in [0.4, 0.5) is 10.1 Å². The third-order valence-electron chi connectivity index (χ3n) is 5.66. The Kier molecular flexibility index (Phi) is 6.84. The molecule has 1 aromatic carbocycles. The van der Waals surface area contributed by atoms with Crippen molar-refractivity contribution in [3.05, 3.63) is 35.8 Å². The van der Waals surface area contributed by atoms with Gasteiger partial charge in [0.05, 0.1) is 24.6 Å². The van der Waals surface area contributed by atoms with Crippen LogP contribution in [0.1, 0.15) is 58.8 Å². The van der Waals surface area contributed by atoms with Crippen molar-refractivity contribution in [2.45, 2.75) is 54.4 Å². The summed E-state index contributed by atoms with van der Waals surface area (Å²) >= 11 is 1.60. The maximum atomic E-state index is 5.55. The lowest BCUT2D eigenvalue weighted by Crippen LogP contribution is -2.27. The van der Waals surface area contributed by atoms with Gasteiger partial charge in [0, 0.05) is 18.5 Å². The van der Waals surface area contributed by atoms with E-state index in [1.165, 1.54) is 0 Å². The number of rotatable bonds is 8. The second kappa shape index (κ2) is 9.66. The highest BCUT2D eigenvalue weighted by Gasteiger charge is 2.35. The number of aryl methyl sites for hydroxylation is 1. The summed E-state index contributed by atoms with van der Waals surface area (Å²) in [6.45, 7) is 14.7. The van der Waals surface area contributed by atoms with Crippen molar-refractivity contribution in [3.63, 3.8) is 0 Å². The number of methoxy groups -OCH3 is 1. The lowest BCUT2D eigenvalue weighted by Gasteiger charge is -2.19. The van der Waals surface area contributed by atoms with Crippen LogP contribution in [0.3, 0.4) is 0 Å². The molecule has 0 unspecified atom stereocenters. The number of thiazole rings is 1. The summed E-state index contributed by atoms with van der Waals surface area (Å²) in [5.74, 6) is 1.94. The number of hydrogen-bond acceptors (Lipinski definition) is 8. The number of aliphatic imine (C=N–C) groups is 1. The Morgan fingerprint density at radius 2 is 2.00 bits per heavy atom. The predicted molar refractivity (Wildman–Crippen MR) is 140 cm³/mol. The molecule has 0 spiro atoms. The topological polar surface area (TPSA) is 80.8 Å². The summed E-state index contributed by atoms with van der Waals surface area (Å²) in [5.41, 5.74) is 3.33. The van der Waals surface area contributed by atoms with Crippen molar-refractivity contribution in [1.29, 1.82) is 0 Å². The van der Waals surface area contributed by atoms with Gasteiger partial charge in [0.1, 0.15) is 16.5 Å². The van der Waals surface area contributed by atoms with E-state index in [4.69, 9.17) is 19.8 Å². The molecule has 0 amide bonds. The molecule has 0 radical (unpaired) electrons. The molecule has 1 aliphatic rings. The van der Waals surface area contributed by atoms with E-state index in [2.05, 4.69) is 49.6 Å². The second-order valence-electron chi connectivity index (χ2n) is 9.43. The van der Waals surface area contributed by atoms with Gasteiger partial charge in [0.15, 0.2) is 11.0 Å². The minimum absolute atomic E-state index is 0.216. The molecule has 2 aromatic heterocycles. The minimum atomic E-state index is -0.216. The highest BCUT2D eigenvalue weighted by Crippen LogP contribution is 2.34. The normalized spacial score (nSPS) is 14.4. The summed E-state index contributed by atoms with van der Waals surface area (Å²) in [5, 5.41) is 11.3. The molecule has 4 rings (SSSR count). The predicted octanol–water partition coefficient (Wildman–Crippen LogP) is 5.73. The van der Waals surface area contributed by atoms with Crippen LogP contribution in [0.15, 0.2) is 34.5 Å². The van der Waals surface area contributed by atoms with Crippen LogP contribution < -0.4 is 9.64 Å². The lowest BCUT2D eigenvalue weighted by atomic mass is 9.87. The van der Waals surface area contributed by atoms with Crippen LogP contribution in [0.2, 0.25) is 0 Å². The third-order valence-corrected chi connectivity index (χ3v) is 6.62. The van der Waals surface area contributed by atoms with E-state index in [1.807, 2.05) is 31.3 Å². The Labute approximate surface area is 205 Å². The number of anilines is 1. The zero-order valence-corrected chi connectivity index (χ0v) is 21.9. The van der Waals surface area contributed by atoms with Crippen molar-refractivity contribution >= 4 is 32.9 Å². The zero-order chi connectivity index (χ0) is 24.5. The maximum absolute atomic E-state index is 5.55. The molecule has 9 heteroatoms. The van der Waals surface area contributed by atoms with Gasteiger partial charge in [0.25, 0.3) is 0 Å². The van der Waals surface area contributed by atoms with E-state index in [-0.39, 0.29) is 5.41 Å². The van der Waals surface area contributed by atoms with E-state index in [0.717, 1.165) is 64.4 Å². The fourth-order valence-electron chi connectivity index (χ4n) is 3.79. The molecule has 180 valence electrons. The maximum Gasteiger partial charge on any atom is 0.204 e. The largest absolute Gasteiger partial charge is 0.496 e. The summed E-state index contributed by atoms with van der Waals surface area (Å²) in [6, 6.07) is 5.98. The fraction of sp³-hybridized carbons (Fsp3) is 0.480. The van der Waals surface area contributed by atoms with Gasteiger partial charge in [0.2, 0.25) is 5.82 Å². The molecule has 3 heterocycles. The fourth-order valence-corrected chi connectivity index (χ4v) is 4.68. The van der Waals surface area contributed by atoms with Gasteiger partial charge in [-0.05, 0) is 32.4 Å². The van der Waals surface area contributed by atoms with E-state index in [1.54, 1.807) is 23.2 Å². The molecule has 0 atom stereocenters. The van der Waals surface area contributed by atoms with Crippen LogP contribution in [0.5, 0.6) is 5.75 Å². The molecular formula is C25H33N7OS. The lowest BCUT2D eigenvalue weighted by molar-refractivity contribution is 0.416. The molecule has 3 aromatic rings. The standard InChI is InChI=1S/C25H33N7OS/c1-8-10-13-31(9-2)24-26-15-19(34-24)27-20-21(25(4,5)6)29-32-23(20)28-22(30-32)17-14-16(3)11-12-18(17)33-7/h11-12,14-15H,8-10,13H2,1-7H3. The smallest absolute Gasteiger partial charge is 0.204 e. The molecule has 34 heavy (non-hydrogen) atoms. The van der Waals surface area contributed by atoms with E-state index >= 15 is 0 Å². The Hall–Kier alpha value is -3.07. The molecule has 0 saturated carbocycles. The monoisotopic (exact) mass is 479 g/mol.